The van der Waals surface area contributed by atoms with Crippen molar-refractivity contribution < 1.29 is 17.9 Å². The molecule has 2 saturated heterocycles. The lowest BCUT2D eigenvalue weighted by molar-refractivity contribution is -0.354. The molecule has 6 rings (SSSR count). The Morgan fingerprint density at radius 1 is 0.977 bits per heavy atom. The predicted molar refractivity (Wildman–Crippen MR) is 173 cm³/mol. The van der Waals surface area contributed by atoms with Crippen LogP contribution in [0.1, 0.15) is 115 Å². The van der Waals surface area contributed by atoms with Crippen molar-refractivity contribution in [2.24, 2.45) is 28.6 Å². The summed E-state index contributed by atoms with van der Waals surface area (Å²) >= 11 is 0. The molecule has 1 aromatic rings. The maximum absolute atomic E-state index is 13.4. The molecule has 0 amide bonds. The Balaban J connectivity index is 1.17. The minimum Gasteiger partial charge on any atom is -0.382 e. The maximum Gasteiger partial charge on any atom is 0.522 e. The van der Waals surface area contributed by atoms with E-state index >= 15 is 0 Å². The van der Waals surface area contributed by atoms with E-state index < -0.39 is 17.9 Å². The van der Waals surface area contributed by atoms with Crippen LogP contribution in [-0.4, -0.2) is 67.6 Å². The topological polar surface area (TPSA) is 27.7 Å². The first-order valence-electron chi connectivity index (χ1n) is 17.9. The standard InChI is InChI=1S/C37H58F3N3O/c1-6-35(2,3)17-11-25-23-26-24-28(41-27-13-21-43(22-14-27)29-15-19-42(5)20-16-29)7-8-30(26)31-12-18-36(4)32(34(25)31)9-10-33(36)44-37(38,39)40/h7-8,24-25,27,29,31-34,41H,6,9-23H2,1-5H3. The Labute approximate surface area is 264 Å². The van der Waals surface area contributed by atoms with Crippen molar-refractivity contribution >= 4 is 5.69 Å². The van der Waals surface area contributed by atoms with Crippen molar-refractivity contribution in [3.8, 4) is 0 Å². The predicted octanol–water partition coefficient (Wildman–Crippen LogP) is 8.86. The monoisotopic (exact) mass is 617 g/mol. The molecule has 0 bridgehead atoms. The molecule has 1 N–H and O–H groups in total. The summed E-state index contributed by atoms with van der Waals surface area (Å²) in [6.45, 7) is 14.0. The largest absolute Gasteiger partial charge is 0.522 e. The van der Waals surface area contributed by atoms with Crippen molar-refractivity contribution in [3.63, 3.8) is 0 Å². The van der Waals surface area contributed by atoms with Gasteiger partial charge in [0.15, 0.2) is 0 Å². The molecular weight excluding hydrogens is 559 g/mol. The number of hydrogen-bond acceptors (Lipinski definition) is 4. The molecule has 2 aliphatic heterocycles. The van der Waals surface area contributed by atoms with Gasteiger partial charge in [0.2, 0.25) is 0 Å². The normalized spacial score (nSPS) is 34.4. The van der Waals surface area contributed by atoms with E-state index in [0.29, 0.717) is 36.1 Å². The van der Waals surface area contributed by atoms with Gasteiger partial charge in [0.25, 0.3) is 0 Å². The van der Waals surface area contributed by atoms with E-state index in [0.717, 1.165) is 44.6 Å². The molecule has 0 spiro atoms. The molecule has 4 nitrogen and oxygen atoms in total. The fourth-order valence-corrected chi connectivity index (χ4v) is 10.2. The molecule has 6 atom stereocenters. The van der Waals surface area contributed by atoms with Crippen molar-refractivity contribution in [1.29, 1.82) is 0 Å². The summed E-state index contributed by atoms with van der Waals surface area (Å²) in [5.41, 5.74) is 4.12. The zero-order chi connectivity index (χ0) is 31.3. The molecule has 3 aliphatic carbocycles. The first-order valence-corrected chi connectivity index (χ1v) is 17.9. The van der Waals surface area contributed by atoms with Gasteiger partial charge in [-0.25, -0.2) is 0 Å². The molecule has 4 fully saturated rings. The quantitative estimate of drug-likeness (QED) is 0.315. The Morgan fingerprint density at radius 3 is 2.39 bits per heavy atom. The van der Waals surface area contributed by atoms with Gasteiger partial charge in [-0.05, 0) is 149 Å². The Bertz CT molecular complexity index is 1120. The summed E-state index contributed by atoms with van der Waals surface area (Å²) in [4.78, 5) is 5.20. The van der Waals surface area contributed by atoms with Crippen LogP contribution in [0.3, 0.4) is 0 Å². The summed E-state index contributed by atoms with van der Waals surface area (Å²) in [7, 11) is 2.24. The minimum absolute atomic E-state index is 0.289. The van der Waals surface area contributed by atoms with E-state index in [1.165, 1.54) is 75.1 Å². The highest BCUT2D eigenvalue weighted by atomic mass is 19.4. The molecular formula is C37H58F3N3O. The first kappa shape index (κ1) is 32.6. The molecule has 7 heteroatoms. The summed E-state index contributed by atoms with van der Waals surface area (Å²) in [6, 6.07) is 8.41. The van der Waals surface area contributed by atoms with Gasteiger partial charge in [-0.3, -0.25) is 4.74 Å². The van der Waals surface area contributed by atoms with Crippen LogP contribution in [0.25, 0.3) is 0 Å². The molecule has 5 aliphatic rings. The number of hydrogen-bond donors (Lipinski definition) is 1. The summed E-state index contributed by atoms with van der Waals surface area (Å²) in [5, 5.41) is 3.93. The Morgan fingerprint density at radius 2 is 1.70 bits per heavy atom. The van der Waals surface area contributed by atoms with Crippen LogP contribution in [-0.2, 0) is 11.2 Å². The minimum atomic E-state index is -4.56. The van der Waals surface area contributed by atoms with Gasteiger partial charge >= 0.3 is 6.36 Å². The van der Waals surface area contributed by atoms with Crippen LogP contribution in [0.5, 0.6) is 0 Å². The third kappa shape index (κ3) is 6.86. The van der Waals surface area contributed by atoms with Crippen LogP contribution in [0.15, 0.2) is 18.2 Å². The molecule has 6 unspecified atom stereocenters. The Hall–Kier alpha value is -1.31. The third-order valence-corrected chi connectivity index (χ3v) is 13.3. The second-order valence-corrected chi connectivity index (χ2v) is 16.4. The van der Waals surface area contributed by atoms with Gasteiger partial charge in [-0.2, -0.15) is 0 Å². The van der Waals surface area contributed by atoms with E-state index in [2.05, 4.69) is 68.1 Å². The van der Waals surface area contributed by atoms with Crippen molar-refractivity contribution in [1.82, 2.24) is 9.80 Å². The Kier molecular flexibility index (Phi) is 9.42. The van der Waals surface area contributed by atoms with Crippen molar-refractivity contribution in [3.05, 3.63) is 29.3 Å². The lowest BCUT2D eigenvalue weighted by atomic mass is 9.51. The summed E-state index contributed by atoms with van der Waals surface area (Å²) in [5.74, 6) is 1.70. The summed E-state index contributed by atoms with van der Waals surface area (Å²) in [6.07, 6.45) is 7.45. The van der Waals surface area contributed by atoms with Gasteiger partial charge in [-0.15, -0.1) is 13.2 Å². The fraction of sp³-hybridized carbons (Fsp3) is 0.838. The molecule has 248 valence electrons. The van der Waals surface area contributed by atoms with E-state index in [1.807, 2.05) is 0 Å². The molecule has 44 heavy (non-hydrogen) atoms. The number of nitrogens with one attached hydrogen (secondary N) is 1. The van der Waals surface area contributed by atoms with Crippen LogP contribution in [0.2, 0.25) is 0 Å². The van der Waals surface area contributed by atoms with E-state index in [4.69, 9.17) is 4.74 Å². The van der Waals surface area contributed by atoms with Crippen LogP contribution < -0.4 is 5.32 Å². The second-order valence-electron chi connectivity index (χ2n) is 16.4. The number of benzene rings is 1. The smallest absolute Gasteiger partial charge is 0.382 e. The maximum atomic E-state index is 13.4. The third-order valence-electron chi connectivity index (χ3n) is 13.3. The van der Waals surface area contributed by atoms with Crippen molar-refractivity contribution in [2.45, 2.75) is 135 Å². The molecule has 1 aromatic carbocycles. The molecule has 2 heterocycles. The van der Waals surface area contributed by atoms with Gasteiger partial charge in [0.1, 0.15) is 0 Å². The number of halogens is 3. The van der Waals surface area contributed by atoms with Gasteiger partial charge in [0, 0.05) is 30.9 Å². The lowest BCUT2D eigenvalue weighted by Crippen LogP contribution is -2.49. The number of ether oxygens (including phenoxy) is 1. The number of piperidine rings is 2. The van der Waals surface area contributed by atoms with E-state index in [-0.39, 0.29) is 5.41 Å². The molecule has 0 aromatic heterocycles. The average molecular weight is 618 g/mol. The van der Waals surface area contributed by atoms with E-state index in [9.17, 15) is 13.2 Å². The van der Waals surface area contributed by atoms with Crippen LogP contribution in [0, 0.1) is 28.6 Å². The van der Waals surface area contributed by atoms with Crippen molar-refractivity contribution in [2.75, 3.05) is 38.5 Å². The number of anilines is 1. The highest BCUT2D eigenvalue weighted by molar-refractivity contribution is 5.52. The SMILES string of the molecule is CCC(C)(C)CCC1Cc2cc(NC3CCN(C4CCN(C)CC4)CC3)ccc2C2CCC3(C)C(OC(F)(F)F)CCC3C12. The van der Waals surface area contributed by atoms with Gasteiger partial charge in [-0.1, -0.05) is 40.2 Å². The number of fused-ring (bicyclic) bond motifs is 5. The zero-order valence-corrected chi connectivity index (χ0v) is 28.0. The van der Waals surface area contributed by atoms with Crippen LogP contribution >= 0.6 is 0 Å². The number of nitrogens with zero attached hydrogens (tertiary/aromatic N) is 2. The number of likely N-dealkylation sites (tertiary alicyclic amines) is 2. The summed E-state index contributed by atoms with van der Waals surface area (Å²) < 4.78 is 45.1. The molecule has 0 radical (unpaired) electrons. The zero-order valence-electron chi connectivity index (χ0n) is 28.0. The fourth-order valence-electron chi connectivity index (χ4n) is 10.2. The number of rotatable bonds is 8. The van der Waals surface area contributed by atoms with Gasteiger partial charge in [0.05, 0.1) is 6.10 Å². The second kappa shape index (κ2) is 12.7. The lowest BCUT2D eigenvalue weighted by Gasteiger charge is -2.54. The number of alkyl halides is 3. The molecule has 2 saturated carbocycles. The average Bonchev–Trinajstić information content (AvgIpc) is 3.31. The first-order chi connectivity index (χ1) is 20.8. The van der Waals surface area contributed by atoms with Crippen LogP contribution in [0.4, 0.5) is 18.9 Å². The van der Waals surface area contributed by atoms with Gasteiger partial charge < -0.3 is 15.1 Å². The highest BCUT2D eigenvalue weighted by Gasteiger charge is 2.59. The highest BCUT2D eigenvalue weighted by Crippen LogP contribution is 2.64. The van der Waals surface area contributed by atoms with E-state index in [1.54, 1.807) is 0 Å².